The second-order valence-electron chi connectivity index (χ2n) is 5.11. The number of hydrogen-bond donors (Lipinski definition) is 2. The summed E-state index contributed by atoms with van der Waals surface area (Å²) in [7, 11) is 1.58. The van der Waals surface area contributed by atoms with Crippen molar-refractivity contribution in [1.82, 2.24) is 0 Å². The van der Waals surface area contributed by atoms with Gasteiger partial charge in [0.15, 0.2) is 0 Å². The summed E-state index contributed by atoms with van der Waals surface area (Å²) >= 11 is 0. The van der Waals surface area contributed by atoms with E-state index < -0.39 is 0 Å². The molecule has 0 spiro atoms. The van der Waals surface area contributed by atoms with Crippen LogP contribution in [0.15, 0.2) is 36.4 Å². The first-order valence-electron chi connectivity index (χ1n) is 6.79. The van der Waals surface area contributed by atoms with E-state index in [9.17, 15) is 4.79 Å². The van der Waals surface area contributed by atoms with Crippen molar-refractivity contribution in [1.29, 1.82) is 0 Å². The van der Waals surface area contributed by atoms with Crippen molar-refractivity contribution in [3.63, 3.8) is 0 Å². The fourth-order valence-corrected chi connectivity index (χ4v) is 2.13. The number of ether oxygens (including phenoxy) is 1. The highest BCUT2D eigenvalue weighted by molar-refractivity contribution is 5.95. The van der Waals surface area contributed by atoms with Crippen LogP contribution < -0.4 is 15.8 Å². The summed E-state index contributed by atoms with van der Waals surface area (Å²) in [4.78, 5) is 12.2. The Kier molecular flexibility index (Phi) is 4.48. The number of nitrogen functional groups attached to an aromatic ring is 1. The van der Waals surface area contributed by atoms with Crippen molar-refractivity contribution in [3.05, 3.63) is 53.1 Å². The molecular formula is C17H20N2O2. The molecule has 0 saturated carbocycles. The van der Waals surface area contributed by atoms with Crippen LogP contribution in [0.3, 0.4) is 0 Å². The molecule has 110 valence electrons. The Labute approximate surface area is 124 Å². The number of benzene rings is 2. The molecule has 2 aromatic carbocycles. The number of aryl methyl sites for hydroxylation is 2. The van der Waals surface area contributed by atoms with Crippen LogP contribution in [0, 0.1) is 13.8 Å². The molecule has 0 heterocycles. The summed E-state index contributed by atoms with van der Waals surface area (Å²) in [6.07, 6.45) is 0.324. The Morgan fingerprint density at radius 2 is 1.95 bits per heavy atom. The van der Waals surface area contributed by atoms with Gasteiger partial charge in [-0.25, -0.2) is 0 Å². The van der Waals surface area contributed by atoms with Crippen molar-refractivity contribution < 1.29 is 9.53 Å². The average Bonchev–Trinajstić information content (AvgIpc) is 2.45. The number of amides is 1. The molecule has 0 aliphatic heterocycles. The van der Waals surface area contributed by atoms with Gasteiger partial charge in [0.2, 0.25) is 5.91 Å². The van der Waals surface area contributed by atoms with Gasteiger partial charge in [-0.15, -0.1) is 0 Å². The molecule has 0 fully saturated rings. The van der Waals surface area contributed by atoms with Gasteiger partial charge in [-0.05, 0) is 37.1 Å². The summed E-state index contributed by atoms with van der Waals surface area (Å²) in [5, 5.41) is 2.84. The molecule has 21 heavy (non-hydrogen) atoms. The quantitative estimate of drug-likeness (QED) is 0.848. The molecule has 0 unspecified atom stereocenters. The Morgan fingerprint density at radius 3 is 2.67 bits per heavy atom. The van der Waals surface area contributed by atoms with Crippen molar-refractivity contribution in [2.75, 3.05) is 18.2 Å². The van der Waals surface area contributed by atoms with E-state index in [2.05, 4.69) is 5.32 Å². The number of nitrogens with one attached hydrogen (secondary N) is 1. The lowest BCUT2D eigenvalue weighted by Crippen LogP contribution is -2.16. The SMILES string of the molecule is COc1ccc(N)c(NC(=O)Cc2cc(C)ccc2C)c1. The van der Waals surface area contributed by atoms with E-state index >= 15 is 0 Å². The first-order chi connectivity index (χ1) is 9.99. The molecule has 3 N–H and O–H groups in total. The normalized spacial score (nSPS) is 10.2. The van der Waals surface area contributed by atoms with Crippen LogP contribution in [-0.2, 0) is 11.2 Å². The van der Waals surface area contributed by atoms with Gasteiger partial charge in [0, 0.05) is 6.07 Å². The lowest BCUT2D eigenvalue weighted by molar-refractivity contribution is -0.115. The van der Waals surface area contributed by atoms with Crippen LogP contribution in [0.1, 0.15) is 16.7 Å². The highest BCUT2D eigenvalue weighted by atomic mass is 16.5. The number of anilines is 2. The molecule has 0 aromatic heterocycles. The highest BCUT2D eigenvalue weighted by Crippen LogP contribution is 2.24. The lowest BCUT2D eigenvalue weighted by Gasteiger charge is -2.11. The van der Waals surface area contributed by atoms with Gasteiger partial charge in [0.05, 0.1) is 24.9 Å². The standard InChI is InChI=1S/C17H20N2O2/c1-11-4-5-12(2)13(8-11)9-17(20)19-16-10-14(21-3)6-7-15(16)18/h4-8,10H,9,18H2,1-3H3,(H,19,20). The summed E-state index contributed by atoms with van der Waals surface area (Å²) in [5.41, 5.74) is 10.2. The zero-order valence-electron chi connectivity index (χ0n) is 12.6. The molecular weight excluding hydrogens is 264 g/mol. The first kappa shape index (κ1) is 14.9. The van der Waals surface area contributed by atoms with Gasteiger partial charge in [-0.2, -0.15) is 0 Å². The molecule has 0 aliphatic carbocycles. The van der Waals surface area contributed by atoms with E-state index in [0.717, 1.165) is 16.7 Å². The maximum absolute atomic E-state index is 12.2. The van der Waals surface area contributed by atoms with Crippen molar-refractivity contribution in [2.24, 2.45) is 0 Å². The Morgan fingerprint density at radius 1 is 1.19 bits per heavy atom. The smallest absolute Gasteiger partial charge is 0.228 e. The Balaban J connectivity index is 2.13. The summed E-state index contributed by atoms with van der Waals surface area (Å²) in [5.74, 6) is 0.565. The number of nitrogens with two attached hydrogens (primary N) is 1. The maximum Gasteiger partial charge on any atom is 0.228 e. The fourth-order valence-electron chi connectivity index (χ4n) is 2.13. The zero-order chi connectivity index (χ0) is 15.4. The summed E-state index contributed by atoms with van der Waals surface area (Å²) in [6, 6.07) is 11.3. The second kappa shape index (κ2) is 6.31. The molecule has 1 amide bonds. The lowest BCUT2D eigenvalue weighted by atomic mass is 10.0. The molecule has 4 nitrogen and oxygen atoms in total. The van der Waals surface area contributed by atoms with E-state index in [1.54, 1.807) is 25.3 Å². The minimum absolute atomic E-state index is 0.0938. The van der Waals surface area contributed by atoms with Crippen LogP contribution in [0.4, 0.5) is 11.4 Å². The number of rotatable bonds is 4. The minimum atomic E-state index is -0.0938. The van der Waals surface area contributed by atoms with E-state index in [4.69, 9.17) is 10.5 Å². The van der Waals surface area contributed by atoms with Gasteiger partial charge in [0.1, 0.15) is 5.75 Å². The molecule has 0 aliphatic rings. The predicted molar refractivity (Wildman–Crippen MR) is 85.7 cm³/mol. The number of carbonyl (C=O) groups is 1. The van der Waals surface area contributed by atoms with Crippen LogP contribution >= 0.6 is 0 Å². The summed E-state index contributed by atoms with van der Waals surface area (Å²) in [6.45, 7) is 4.02. The van der Waals surface area contributed by atoms with Gasteiger partial charge >= 0.3 is 0 Å². The van der Waals surface area contributed by atoms with E-state index in [0.29, 0.717) is 23.5 Å². The monoisotopic (exact) mass is 284 g/mol. The topological polar surface area (TPSA) is 64.3 Å². The summed E-state index contributed by atoms with van der Waals surface area (Å²) < 4.78 is 5.14. The first-order valence-corrected chi connectivity index (χ1v) is 6.79. The minimum Gasteiger partial charge on any atom is -0.497 e. The predicted octanol–water partition coefficient (Wildman–Crippen LogP) is 3.08. The largest absolute Gasteiger partial charge is 0.497 e. The van der Waals surface area contributed by atoms with Gasteiger partial charge < -0.3 is 15.8 Å². The molecule has 2 aromatic rings. The third kappa shape index (κ3) is 3.75. The van der Waals surface area contributed by atoms with E-state index in [-0.39, 0.29) is 5.91 Å². The van der Waals surface area contributed by atoms with E-state index in [1.807, 2.05) is 32.0 Å². The molecule has 0 atom stereocenters. The van der Waals surface area contributed by atoms with Crippen molar-refractivity contribution >= 4 is 17.3 Å². The molecule has 0 bridgehead atoms. The molecule has 2 rings (SSSR count). The van der Waals surface area contributed by atoms with Gasteiger partial charge in [0.25, 0.3) is 0 Å². The fraction of sp³-hybridized carbons (Fsp3) is 0.235. The van der Waals surface area contributed by atoms with Crippen LogP contribution in [0.5, 0.6) is 5.75 Å². The number of methoxy groups -OCH3 is 1. The second-order valence-corrected chi connectivity index (χ2v) is 5.11. The van der Waals surface area contributed by atoms with Gasteiger partial charge in [-0.3, -0.25) is 4.79 Å². The maximum atomic E-state index is 12.2. The number of carbonyl (C=O) groups excluding carboxylic acids is 1. The molecule has 4 heteroatoms. The molecule has 0 saturated heterocycles. The molecule has 0 radical (unpaired) electrons. The average molecular weight is 284 g/mol. The van der Waals surface area contributed by atoms with Crippen molar-refractivity contribution in [2.45, 2.75) is 20.3 Å². The number of hydrogen-bond acceptors (Lipinski definition) is 3. The van der Waals surface area contributed by atoms with Crippen LogP contribution in [0.2, 0.25) is 0 Å². The third-order valence-corrected chi connectivity index (χ3v) is 3.39. The Bertz CT molecular complexity index is 666. The third-order valence-electron chi connectivity index (χ3n) is 3.39. The van der Waals surface area contributed by atoms with Crippen molar-refractivity contribution in [3.8, 4) is 5.75 Å². The van der Waals surface area contributed by atoms with Crippen LogP contribution in [-0.4, -0.2) is 13.0 Å². The van der Waals surface area contributed by atoms with Gasteiger partial charge in [-0.1, -0.05) is 23.8 Å². The Hall–Kier alpha value is -2.49. The van der Waals surface area contributed by atoms with E-state index in [1.165, 1.54) is 0 Å². The van der Waals surface area contributed by atoms with Crippen LogP contribution in [0.25, 0.3) is 0 Å². The highest BCUT2D eigenvalue weighted by Gasteiger charge is 2.09. The zero-order valence-corrected chi connectivity index (χ0v) is 12.6.